The Hall–Kier alpha value is -1.63. The van der Waals surface area contributed by atoms with E-state index in [0.29, 0.717) is 12.8 Å². The molecule has 1 fully saturated rings. The molecule has 3 atom stereocenters. The number of nitrogens with one attached hydrogen (secondary N) is 1. The summed E-state index contributed by atoms with van der Waals surface area (Å²) in [7, 11) is 0. The smallest absolute Gasteiger partial charge is 0.245 e. The summed E-state index contributed by atoms with van der Waals surface area (Å²) in [5.74, 6) is -1.16. The highest BCUT2D eigenvalue weighted by Crippen LogP contribution is 2.18. The molecule has 0 aromatic heterocycles. The van der Waals surface area contributed by atoms with Gasteiger partial charge in [-0.1, -0.05) is 0 Å². The summed E-state index contributed by atoms with van der Waals surface area (Å²) in [5, 5.41) is 11.8. The minimum atomic E-state index is -0.997. The number of carbonyl (C=O) groups is 3. The van der Waals surface area contributed by atoms with Gasteiger partial charge in [0.1, 0.15) is 12.1 Å². The van der Waals surface area contributed by atoms with Crippen molar-refractivity contribution in [1.29, 1.82) is 0 Å². The summed E-state index contributed by atoms with van der Waals surface area (Å²) >= 11 is 0. The monoisotopic (exact) mass is 229 g/mol. The van der Waals surface area contributed by atoms with E-state index in [2.05, 4.69) is 5.32 Å². The minimum absolute atomic E-state index is 0.262. The average molecular weight is 229 g/mol. The Morgan fingerprint density at radius 2 is 2.25 bits per heavy atom. The maximum atomic E-state index is 11.8. The number of aliphatic hydroxyl groups excluding tert-OH is 1. The van der Waals surface area contributed by atoms with Crippen LogP contribution in [-0.2, 0) is 14.4 Å². The Labute approximate surface area is 92.6 Å². The first kappa shape index (κ1) is 12.4. The van der Waals surface area contributed by atoms with E-state index in [1.165, 1.54) is 11.8 Å². The highest BCUT2D eigenvalue weighted by molar-refractivity contribution is 5.90. The fourth-order valence-electron chi connectivity index (χ4n) is 1.79. The lowest BCUT2D eigenvalue weighted by Crippen LogP contribution is -2.53. The average Bonchev–Trinajstić information content (AvgIpc) is 2.59. The molecular weight excluding hydrogens is 214 g/mol. The summed E-state index contributed by atoms with van der Waals surface area (Å²) < 4.78 is 0. The zero-order chi connectivity index (χ0) is 12.3. The normalized spacial score (nSPS) is 26.2. The Bertz CT molecular complexity index is 307. The maximum absolute atomic E-state index is 11.8. The fraction of sp³-hybridized carbons (Fsp3) is 0.667. The van der Waals surface area contributed by atoms with Gasteiger partial charge in [0.25, 0.3) is 0 Å². The number of rotatable bonds is 4. The van der Waals surface area contributed by atoms with E-state index in [-0.39, 0.29) is 6.54 Å². The van der Waals surface area contributed by atoms with Crippen molar-refractivity contribution in [2.24, 2.45) is 5.73 Å². The van der Waals surface area contributed by atoms with Gasteiger partial charge in [0.05, 0.1) is 6.10 Å². The number of carbonyl (C=O) groups excluding carboxylic acids is 3. The third-order valence-electron chi connectivity index (χ3n) is 2.63. The van der Waals surface area contributed by atoms with E-state index in [4.69, 9.17) is 5.73 Å². The van der Waals surface area contributed by atoms with Crippen molar-refractivity contribution in [3.05, 3.63) is 0 Å². The molecule has 0 aromatic carbocycles. The highest BCUT2D eigenvalue weighted by Gasteiger charge is 2.40. The molecule has 3 amide bonds. The van der Waals surface area contributed by atoms with Crippen LogP contribution in [0.2, 0.25) is 0 Å². The predicted molar refractivity (Wildman–Crippen MR) is 54.0 cm³/mol. The van der Waals surface area contributed by atoms with Crippen LogP contribution in [0.25, 0.3) is 0 Å². The number of aliphatic hydroxyl groups is 1. The van der Waals surface area contributed by atoms with Crippen LogP contribution in [0.15, 0.2) is 0 Å². The predicted octanol–water partition coefficient (Wildman–Crippen LogP) is -2.43. The second-order valence-corrected chi connectivity index (χ2v) is 3.74. The second-order valence-electron chi connectivity index (χ2n) is 3.74. The summed E-state index contributed by atoms with van der Waals surface area (Å²) in [6, 6.07) is -1.73. The first-order valence-corrected chi connectivity index (χ1v) is 4.96. The molecule has 0 aliphatic carbocycles. The van der Waals surface area contributed by atoms with Gasteiger partial charge in [-0.15, -0.1) is 0 Å². The van der Waals surface area contributed by atoms with Crippen molar-refractivity contribution < 1.29 is 19.5 Å². The summed E-state index contributed by atoms with van der Waals surface area (Å²) in [6.45, 7) is 1.76. The number of nitrogens with two attached hydrogens (primary N) is 1. The van der Waals surface area contributed by atoms with Crippen LogP contribution in [0.1, 0.15) is 13.3 Å². The Morgan fingerprint density at radius 3 is 2.75 bits per heavy atom. The van der Waals surface area contributed by atoms with Crippen LogP contribution >= 0.6 is 0 Å². The molecule has 0 aromatic rings. The maximum Gasteiger partial charge on any atom is 0.245 e. The molecule has 1 aliphatic heterocycles. The van der Waals surface area contributed by atoms with E-state index in [1.807, 2.05) is 0 Å². The van der Waals surface area contributed by atoms with Crippen molar-refractivity contribution in [2.45, 2.75) is 31.5 Å². The topological polar surface area (TPSA) is 113 Å². The van der Waals surface area contributed by atoms with Crippen LogP contribution in [0.4, 0.5) is 0 Å². The van der Waals surface area contributed by atoms with Crippen LogP contribution in [0.3, 0.4) is 0 Å². The zero-order valence-electron chi connectivity index (χ0n) is 8.92. The Morgan fingerprint density at radius 1 is 1.62 bits per heavy atom. The Kier molecular flexibility index (Phi) is 3.83. The van der Waals surface area contributed by atoms with Gasteiger partial charge in [-0.3, -0.25) is 14.4 Å². The molecule has 1 aliphatic rings. The van der Waals surface area contributed by atoms with Gasteiger partial charge in [-0.2, -0.15) is 0 Å². The molecule has 0 radical (unpaired) electrons. The van der Waals surface area contributed by atoms with E-state index >= 15 is 0 Å². The second kappa shape index (κ2) is 4.93. The molecule has 1 saturated heterocycles. The number of likely N-dealkylation sites (tertiary alicyclic amines) is 1. The van der Waals surface area contributed by atoms with Crippen LogP contribution in [-0.4, -0.2) is 53.0 Å². The summed E-state index contributed by atoms with van der Waals surface area (Å²) in [6.07, 6.45) is -0.202. The van der Waals surface area contributed by atoms with Crippen LogP contribution < -0.4 is 11.1 Å². The highest BCUT2D eigenvalue weighted by atomic mass is 16.3. The van der Waals surface area contributed by atoms with E-state index in [9.17, 15) is 19.5 Å². The van der Waals surface area contributed by atoms with Crippen molar-refractivity contribution in [3.63, 3.8) is 0 Å². The molecule has 4 N–H and O–H groups in total. The first-order valence-electron chi connectivity index (χ1n) is 4.96. The van der Waals surface area contributed by atoms with Crippen molar-refractivity contribution >= 4 is 18.2 Å². The first-order chi connectivity index (χ1) is 7.49. The molecule has 0 unspecified atom stereocenters. The molecule has 7 heteroatoms. The zero-order valence-corrected chi connectivity index (χ0v) is 8.92. The molecule has 7 nitrogen and oxygen atoms in total. The SMILES string of the molecule is C[C@H](NC=O)C(=O)N1CC[C@H](O)[C@H]1C(N)=O. The van der Waals surface area contributed by atoms with Gasteiger partial charge in [-0.25, -0.2) is 0 Å². The van der Waals surface area contributed by atoms with Gasteiger partial charge in [-0.05, 0) is 13.3 Å². The number of hydrogen-bond acceptors (Lipinski definition) is 4. The lowest BCUT2D eigenvalue weighted by molar-refractivity contribution is -0.141. The number of hydrogen-bond donors (Lipinski definition) is 3. The molecule has 1 heterocycles. The molecule has 0 bridgehead atoms. The van der Waals surface area contributed by atoms with E-state index in [1.54, 1.807) is 0 Å². The van der Waals surface area contributed by atoms with Gasteiger partial charge in [0.2, 0.25) is 18.2 Å². The molecule has 90 valence electrons. The molecular formula is C9H15N3O4. The van der Waals surface area contributed by atoms with Gasteiger partial charge < -0.3 is 21.1 Å². The lowest BCUT2D eigenvalue weighted by Gasteiger charge is -2.26. The van der Waals surface area contributed by atoms with E-state index < -0.39 is 30.0 Å². The quantitative estimate of drug-likeness (QED) is 0.465. The lowest BCUT2D eigenvalue weighted by atomic mass is 10.1. The van der Waals surface area contributed by atoms with Crippen LogP contribution in [0, 0.1) is 0 Å². The van der Waals surface area contributed by atoms with Gasteiger partial charge in [0.15, 0.2) is 0 Å². The number of nitrogens with zero attached hydrogens (tertiary/aromatic N) is 1. The number of primary amides is 1. The van der Waals surface area contributed by atoms with Gasteiger partial charge in [0, 0.05) is 6.54 Å². The summed E-state index contributed by atoms with van der Waals surface area (Å²) in [5.41, 5.74) is 5.11. The molecule has 16 heavy (non-hydrogen) atoms. The fourth-order valence-corrected chi connectivity index (χ4v) is 1.79. The number of amides is 3. The molecule has 0 saturated carbocycles. The standard InChI is InChI=1S/C9H15N3O4/c1-5(11-4-13)9(16)12-3-2-6(14)7(12)8(10)15/h4-7,14H,2-3H2,1H3,(H2,10,15)(H,11,13)/t5-,6-,7-/m0/s1. The van der Waals surface area contributed by atoms with Crippen LogP contribution in [0.5, 0.6) is 0 Å². The third kappa shape index (κ3) is 2.30. The van der Waals surface area contributed by atoms with Crippen molar-refractivity contribution in [1.82, 2.24) is 10.2 Å². The Balaban J connectivity index is 2.75. The van der Waals surface area contributed by atoms with E-state index in [0.717, 1.165) is 0 Å². The third-order valence-corrected chi connectivity index (χ3v) is 2.63. The molecule has 1 rings (SSSR count). The minimum Gasteiger partial charge on any atom is -0.390 e. The summed E-state index contributed by atoms with van der Waals surface area (Å²) in [4.78, 5) is 34.3. The largest absolute Gasteiger partial charge is 0.390 e. The van der Waals surface area contributed by atoms with Crippen molar-refractivity contribution in [2.75, 3.05) is 6.54 Å². The van der Waals surface area contributed by atoms with Gasteiger partial charge >= 0.3 is 0 Å². The van der Waals surface area contributed by atoms with Crippen molar-refractivity contribution in [3.8, 4) is 0 Å². The molecule has 0 spiro atoms.